The number of hydrogen-bond acceptors (Lipinski definition) is 2. The maximum atomic E-state index is 5.91. The summed E-state index contributed by atoms with van der Waals surface area (Å²) in [5.41, 5.74) is 1.48. The Morgan fingerprint density at radius 1 is 1.11 bits per heavy atom. The zero-order valence-electron chi connectivity index (χ0n) is 11.0. The first kappa shape index (κ1) is 12.4. The third kappa shape index (κ3) is 2.26. The van der Waals surface area contributed by atoms with E-state index < -0.39 is 0 Å². The van der Waals surface area contributed by atoms with E-state index in [0.717, 1.165) is 5.92 Å². The number of halogens is 1. The van der Waals surface area contributed by atoms with E-state index in [9.17, 15) is 0 Å². The minimum absolute atomic E-state index is 0.507. The zero-order valence-corrected chi connectivity index (χ0v) is 12.6. The highest BCUT2D eigenvalue weighted by Crippen LogP contribution is 2.42. The molecule has 2 nitrogen and oxygen atoms in total. The Bertz CT molecular complexity index is 472. The van der Waals surface area contributed by atoms with Crippen molar-refractivity contribution < 1.29 is 4.74 Å². The van der Waals surface area contributed by atoms with E-state index in [-0.39, 0.29) is 0 Å². The van der Waals surface area contributed by atoms with Crippen molar-refractivity contribution in [1.82, 2.24) is 5.32 Å². The Morgan fingerprint density at radius 3 is 2.63 bits per heavy atom. The van der Waals surface area contributed by atoms with Crippen molar-refractivity contribution in [3.05, 3.63) is 34.3 Å². The molecule has 2 heterocycles. The van der Waals surface area contributed by atoms with Crippen LogP contribution in [0.3, 0.4) is 0 Å². The van der Waals surface area contributed by atoms with Gasteiger partial charge in [0.15, 0.2) is 0 Å². The Labute approximate surface area is 123 Å². The number of rotatable bonds is 3. The molecule has 4 rings (SSSR count). The van der Waals surface area contributed by atoms with E-state index in [2.05, 4.69) is 45.5 Å². The van der Waals surface area contributed by atoms with Crippen molar-refractivity contribution in [3.63, 3.8) is 0 Å². The van der Waals surface area contributed by atoms with Crippen LogP contribution in [0.4, 0.5) is 0 Å². The van der Waals surface area contributed by atoms with Gasteiger partial charge in [0.2, 0.25) is 0 Å². The number of nitrogens with one attached hydrogen (secondary N) is 1. The summed E-state index contributed by atoms with van der Waals surface area (Å²) in [5.74, 6) is 0.729. The molecule has 1 aromatic carbocycles. The van der Waals surface area contributed by atoms with Crippen LogP contribution in [-0.4, -0.2) is 24.3 Å². The van der Waals surface area contributed by atoms with Crippen LogP contribution in [0, 0.1) is 0 Å². The van der Waals surface area contributed by atoms with Crippen molar-refractivity contribution in [2.75, 3.05) is 0 Å². The molecule has 1 N–H and O–H groups in total. The van der Waals surface area contributed by atoms with Crippen molar-refractivity contribution in [2.45, 2.75) is 62.3 Å². The molecular formula is C16H20BrNO. The summed E-state index contributed by atoms with van der Waals surface area (Å²) in [7, 11) is 0. The molecule has 1 aliphatic carbocycles. The smallest absolute Gasteiger partial charge is 0.0733 e. The van der Waals surface area contributed by atoms with Gasteiger partial charge in [-0.1, -0.05) is 34.1 Å². The maximum Gasteiger partial charge on any atom is 0.0733 e. The average molecular weight is 322 g/mol. The highest BCUT2D eigenvalue weighted by atomic mass is 79.9. The van der Waals surface area contributed by atoms with Gasteiger partial charge in [-0.2, -0.15) is 0 Å². The fraction of sp³-hybridized carbons (Fsp3) is 0.625. The van der Waals surface area contributed by atoms with Crippen LogP contribution in [0.2, 0.25) is 0 Å². The van der Waals surface area contributed by atoms with Crippen LogP contribution in [0.5, 0.6) is 0 Å². The molecular weight excluding hydrogens is 302 g/mol. The van der Waals surface area contributed by atoms with Crippen LogP contribution >= 0.6 is 15.9 Å². The number of benzene rings is 1. The van der Waals surface area contributed by atoms with Crippen molar-refractivity contribution >= 4 is 15.9 Å². The van der Waals surface area contributed by atoms with Crippen molar-refractivity contribution in [3.8, 4) is 0 Å². The monoisotopic (exact) mass is 321 g/mol. The van der Waals surface area contributed by atoms with Gasteiger partial charge in [-0.05, 0) is 49.7 Å². The molecule has 0 spiro atoms. The summed E-state index contributed by atoms with van der Waals surface area (Å²) in [6.45, 7) is 0. The molecule has 2 bridgehead atoms. The summed E-state index contributed by atoms with van der Waals surface area (Å²) >= 11 is 3.67. The number of hydrogen-bond donors (Lipinski definition) is 1. The van der Waals surface area contributed by atoms with E-state index in [1.54, 1.807) is 0 Å². The quantitative estimate of drug-likeness (QED) is 0.918. The zero-order chi connectivity index (χ0) is 12.8. The molecule has 3 heteroatoms. The molecule has 19 heavy (non-hydrogen) atoms. The molecule has 3 aliphatic rings. The van der Waals surface area contributed by atoms with Gasteiger partial charge in [-0.25, -0.2) is 0 Å². The first-order valence-corrected chi connectivity index (χ1v) is 8.25. The summed E-state index contributed by atoms with van der Waals surface area (Å²) in [5, 5.41) is 3.83. The van der Waals surface area contributed by atoms with Crippen LogP contribution in [0.1, 0.15) is 43.6 Å². The van der Waals surface area contributed by atoms with Crippen LogP contribution < -0.4 is 5.32 Å². The van der Waals surface area contributed by atoms with Crippen LogP contribution in [0.25, 0.3) is 0 Å². The minimum atomic E-state index is 0.507. The lowest BCUT2D eigenvalue weighted by Gasteiger charge is -2.39. The van der Waals surface area contributed by atoms with Crippen LogP contribution in [-0.2, 0) is 4.74 Å². The lowest BCUT2D eigenvalue weighted by molar-refractivity contribution is 0.0931. The van der Waals surface area contributed by atoms with Crippen molar-refractivity contribution in [2.24, 2.45) is 0 Å². The molecule has 0 radical (unpaired) electrons. The van der Waals surface area contributed by atoms with E-state index in [0.29, 0.717) is 24.3 Å². The van der Waals surface area contributed by atoms with Gasteiger partial charge in [0.25, 0.3) is 0 Å². The molecule has 3 unspecified atom stereocenters. The third-order valence-corrected chi connectivity index (χ3v) is 5.76. The van der Waals surface area contributed by atoms with Gasteiger partial charge in [0.1, 0.15) is 0 Å². The molecule has 2 aliphatic heterocycles. The van der Waals surface area contributed by atoms with Gasteiger partial charge in [-0.15, -0.1) is 0 Å². The third-order valence-electron chi connectivity index (χ3n) is 5.04. The minimum Gasteiger partial charge on any atom is -0.373 e. The molecule has 1 aromatic rings. The van der Waals surface area contributed by atoms with E-state index >= 15 is 0 Å². The van der Waals surface area contributed by atoms with Crippen molar-refractivity contribution in [1.29, 1.82) is 0 Å². The molecule has 3 fully saturated rings. The molecule has 2 saturated heterocycles. The Balaban J connectivity index is 1.32. The predicted octanol–water partition coefficient (Wildman–Crippen LogP) is 3.60. The molecule has 0 amide bonds. The Morgan fingerprint density at radius 2 is 1.95 bits per heavy atom. The fourth-order valence-electron chi connectivity index (χ4n) is 3.93. The first-order valence-electron chi connectivity index (χ1n) is 7.45. The summed E-state index contributed by atoms with van der Waals surface area (Å²) < 4.78 is 7.18. The second kappa shape index (κ2) is 4.87. The second-order valence-electron chi connectivity index (χ2n) is 6.27. The van der Waals surface area contributed by atoms with Gasteiger partial charge in [-0.3, -0.25) is 0 Å². The molecule has 3 atom stereocenters. The van der Waals surface area contributed by atoms with Gasteiger partial charge in [0.05, 0.1) is 12.2 Å². The molecule has 102 valence electrons. The van der Waals surface area contributed by atoms with Crippen LogP contribution in [0.15, 0.2) is 28.7 Å². The highest BCUT2D eigenvalue weighted by molar-refractivity contribution is 9.10. The average Bonchev–Trinajstić information content (AvgIpc) is 2.96. The lowest BCUT2D eigenvalue weighted by atomic mass is 9.75. The maximum absolute atomic E-state index is 5.91. The first-order chi connectivity index (χ1) is 9.29. The topological polar surface area (TPSA) is 21.3 Å². The fourth-order valence-corrected chi connectivity index (χ4v) is 4.54. The lowest BCUT2D eigenvalue weighted by Crippen LogP contribution is -2.49. The van der Waals surface area contributed by atoms with Gasteiger partial charge < -0.3 is 10.1 Å². The SMILES string of the molecule is Brc1ccccc1C1CC(NC2CC3CCC2O3)C1. The summed E-state index contributed by atoms with van der Waals surface area (Å²) in [6, 6.07) is 9.97. The predicted molar refractivity (Wildman–Crippen MR) is 79.3 cm³/mol. The molecule has 0 aromatic heterocycles. The number of fused-ring (bicyclic) bond motifs is 2. The highest BCUT2D eigenvalue weighted by Gasteiger charge is 2.43. The Kier molecular flexibility index (Phi) is 3.17. The van der Waals surface area contributed by atoms with E-state index in [1.165, 1.54) is 42.1 Å². The number of ether oxygens (including phenoxy) is 1. The standard InChI is InChI=1S/C16H20BrNO/c17-14-4-2-1-3-13(14)10-7-11(8-10)18-15-9-12-5-6-16(15)19-12/h1-4,10-12,15-16,18H,5-9H2. The van der Waals surface area contributed by atoms with E-state index in [4.69, 9.17) is 4.74 Å². The van der Waals surface area contributed by atoms with Gasteiger partial charge >= 0.3 is 0 Å². The normalized spacial score (nSPS) is 40.4. The Hall–Kier alpha value is -0.380. The largest absolute Gasteiger partial charge is 0.373 e. The van der Waals surface area contributed by atoms with E-state index in [1.807, 2.05) is 0 Å². The molecule has 1 saturated carbocycles. The van der Waals surface area contributed by atoms with Gasteiger partial charge in [0, 0.05) is 16.6 Å². The second-order valence-corrected chi connectivity index (χ2v) is 7.12. The summed E-state index contributed by atoms with van der Waals surface area (Å²) in [4.78, 5) is 0. The summed E-state index contributed by atoms with van der Waals surface area (Å²) in [6.07, 6.45) is 7.40.